The fourth-order valence-corrected chi connectivity index (χ4v) is 2.64. The minimum atomic E-state index is 0.302. The lowest BCUT2D eigenvalue weighted by Gasteiger charge is -2.14. The second-order valence-electron chi connectivity index (χ2n) is 6.10. The van der Waals surface area contributed by atoms with Crippen molar-refractivity contribution in [2.75, 3.05) is 46.6 Å². The average molecular weight is 349 g/mol. The quantitative estimate of drug-likeness (QED) is 0.385. The van der Waals surface area contributed by atoms with E-state index >= 15 is 0 Å². The number of rotatable bonds is 10. The van der Waals surface area contributed by atoms with Crippen LogP contribution in [0.2, 0.25) is 0 Å². The van der Waals surface area contributed by atoms with Gasteiger partial charge in [0.2, 0.25) is 0 Å². The number of aliphatic imine (C=N–C) groups is 1. The molecule has 0 spiro atoms. The summed E-state index contributed by atoms with van der Waals surface area (Å²) in [5.74, 6) is 1.71. The van der Waals surface area contributed by atoms with Gasteiger partial charge >= 0.3 is 0 Å². The Bertz CT molecular complexity index is 516. The van der Waals surface area contributed by atoms with Crippen molar-refractivity contribution in [2.24, 2.45) is 4.99 Å². The molecule has 2 N–H and O–H groups in total. The molecule has 25 heavy (non-hydrogen) atoms. The van der Waals surface area contributed by atoms with E-state index in [0.717, 1.165) is 56.3 Å². The van der Waals surface area contributed by atoms with Crippen molar-refractivity contribution in [3.05, 3.63) is 29.8 Å². The smallest absolute Gasteiger partial charge is 0.191 e. The first-order valence-electron chi connectivity index (χ1n) is 9.12. The molecule has 6 heteroatoms. The highest BCUT2D eigenvalue weighted by Crippen LogP contribution is 2.15. The third-order valence-corrected chi connectivity index (χ3v) is 4.05. The molecular formula is C19H31N3O3. The highest BCUT2D eigenvalue weighted by molar-refractivity contribution is 5.79. The van der Waals surface area contributed by atoms with Crippen LogP contribution in [-0.2, 0) is 9.47 Å². The number of benzene rings is 1. The first-order chi connectivity index (χ1) is 12.3. The Hall–Kier alpha value is -1.79. The molecule has 1 saturated heterocycles. The molecule has 1 fully saturated rings. The summed E-state index contributed by atoms with van der Waals surface area (Å²) >= 11 is 0. The van der Waals surface area contributed by atoms with Gasteiger partial charge in [0.05, 0.1) is 19.3 Å². The second kappa shape index (κ2) is 11.7. The second-order valence-corrected chi connectivity index (χ2v) is 6.10. The fourth-order valence-electron chi connectivity index (χ4n) is 2.64. The number of para-hydroxylation sites is 1. The van der Waals surface area contributed by atoms with Crippen LogP contribution < -0.4 is 15.4 Å². The van der Waals surface area contributed by atoms with E-state index in [1.165, 1.54) is 0 Å². The SMILES string of the molecule is CN=C(NCCCOCC1CCCO1)NCCOc1ccccc1C. The average Bonchev–Trinajstić information content (AvgIpc) is 3.14. The van der Waals surface area contributed by atoms with E-state index in [4.69, 9.17) is 14.2 Å². The van der Waals surface area contributed by atoms with Gasteiger partial charge in [0.1, 0.15) is 12.4 Å². The van der Waals surface area contributed by atoms with Crippen molar-refractivity contribution in [1.29, 1.82) is 0 Å². The predicted molar refractivity (Wildman–Crippen MR) is 100 cm³/mol. The number of aryl methyl sites for hydroxylation is 1. The van der Waals surface area contributed by atoms with E-state index in [0.29, 0.717) is 25.9 Å². The minimum absolute atomic E-state index is 0.302. The van der Waals surface area contributed by atoms with Crippen LogP contribution in [0.15, 0.2) is 29.3 Å². The molecule has 0 aliphatic carbocycles. The topological polar surface area (TPSA) is 64.1 Å². The lowest BCUT2D eigenvalue weighted by molar-refractivity contribution is 0.0168. The highest BCUT2D eigenvalue weighted by Gasteiger charge is 2.14. The Balaban J connectivity index is 1.48. The maximum absolute atomic E-state index is 5.76. The van der Waals surface area contributed by atoms with Gasteiger partial charge < -0.3 is 24.8 Å². The van der Waals surface area contributed by atoms with Crippen LogP contribution >= 0.6 is 0 Å². The van der Waals surface area contributed by atoms with Gasteiger partial charge in [-0.25, -0.2) is 0 Å². The van der Waals surface area contributed by atoms with E-state index < -0.39 is 0 Å². The Kier molecular flexibility index (Phi) is 9.15. The van der Waals surface area contributed by atoms with E-state index in [1.54, 1.807) is 7.05 Å². The van der Waals surface area contributed by atoms with Crippen molar-refractivity contribution in [3.8, 4) is 5.75 Å². The van der Waals surface area contributed by atoms with Crippen LogP contribution in [0.25, 0.3) is 0 Å². The summed E-state index contributed by atoms with van der Waals surface area (Å²) in [4.78, 5) is 4.21. The lowest BCUT2D eigenvalue weighted by atomic mass is 10.2. The Morgan fingerprint density at radius 1 is 1.24 bits per heavy atom. The zero-order valence-electron chi connectivity index (χ0n) is 15.4. The van der Waals surface area contributed by atoms with Gasteiger partial charge in [0.25, 0.3) is 0 Å². The molecule has 0 saturated carbocycles. The number of guanidine groups is 1. The first-order valence-corrected chi connectivity index (χ1v) is 9.12. The highest BCUT2D eigenvalue weighted by atomic mass is 16.5. The van der Waals surface area contributed by atoms with Crippen molar-refractivity contribution in [3.63, 3.8) is 0 Å². The summed E-state index contributed by atoms with van der Waals surface area (Å²) in [7, 11) is 1.77. The molecule has 1 aromatic carbocycles. The Morgan fingerprint density at radius 3 is 2.84 bits per heavy atom. The molecule has 6 nitrogen and oxygen atoms in total. The van der Waals surface area contributed by atoms with Gasteiger partial charge in [-0.2, -0.15) is 0 Å². The maximum atomic E-state index is 5.76. The zero-order valence-corrected chi connectivity index (χ0v) is 15.4. The molecule has 2 rings (SSSR count). The van der Waals surface area contributed by atoms with E-state index in [-0.39, 0.29) is 0 Å². The molecule has 1 atom stereocenters. The number of hydrogen-bond donors (Lipinski definition) is 2. The van der Waals surface area contributed by atoms with Crippen molar-refractivity contribution >= 4 is 5.96 Å². The molecule has 0 aromatic heterocycles. The van der Waals surface area contributed by atoms with Crippen molar-refractivity contribution < 1.29 is 14.2 Å². The molecule has 1 unspecified atom stereocenters. The monoisotopic (exact) mass is 349 g/mol. The molecule has 1 aromatic rings. The van der Waals surface area contributed by atoms with E-state index in [2.05, 4.69) is 15.6 Å². The minimum Gasteiger partial charge on any atom is -0.491 e. The summed E-state index contributed by atoms with van der Waals surface area (Å²) in [6.45, 7) is 6.49. The Labute approximate surface area is 151 Å². The maximum Gasteiger partial charge on any atom is 0.191 e. The number of ether oxygens (including phenoxy) is 3. The summed E-state index contributed by atoms with van der Waals surface area (Å²) in [6.07, 6.45) is 3.52. The summed E-state index contributed by atoms with van der Waals surface area (Å²) < 4.78 is 16.9. The van der Waals surface area contributed by atoms with E-state index in [1.807, 2.05) is 31.2 Å². The van der Waals surface area contributed by atoms with Gasteiger partial charge in [-0.15, -0.1) is 0 Å². The predicted octanol–water partition coefficient (Wildman–Crippen LogP) is 2.12. The van der Waals surface area contributed by atoms with Crippen LogP contribution in [0.4, 0.5) is 0 Å². The normalized spacial score (nSPS) is 17.5. The third-order valence-electron chi connectivity index (χ3n) is 4.05. The van der Waals surface area contributed by atoms with Crippen LogP contribution in [0.3, 0.4) is 0 Å². The molecule has 0 radical (unpaired) electrons. The molecule has 0 bridgehead atoms. The molecule has 1 aliphatic rings. The molecule has 1 heterocycles. The number of hydrogen-bond acceptors (Lipinski definition) is 4. The van der Waals surface area contributed by atoms with Crippen LogP contribution in [0.5, 0.6) is 5.75 Å². The first kappa shape index (κ1) is 19.5. The molecule has 140 valence electrons. The Morgan fingerprint density at radius 2 is 2.08 bits per heavy atom. The molecule has 1 aliphatic heterocycles. The van der Waals surface area contributed by atoms with Gasteiger partial charge in [0.15, 0.2) is 5.96 Å². The zero-order chi connectivity index (χ0) is 17.7. The number of nitrogens with zero attached hydrogens (tertiary/aromatic N) is 1. The van der Waals surface area contributed by atoms with E-state index in [9.17, 15) is 0 Å². The summed E-state index contributed by atoms with van der Waals surface area (Å²) in [5, 5.41) is 6.53. The molecule has 0 amide bonds. The lowest BCUT2D eigenvalue weighted by Crippen LogP contribution is -2.40. The molecular weight excluding hydrogens is 318 g/mol. The fraction of sp³-hybridized carbons (Fsp3) is 0.632. The standard InChI is InChI=1S/C19H31N3O3/c1-16-7-3-4-9-18(16)25-14-11-22-19(20-2)21-10-6-12-23-15-17-8-5-13-24-17/h3-4,7,9,17H,5-6,8,10-15H2,1-2H3,(H2,20,21,22). The van der Waals surface area contributed by atoms with Gasteiger partial charge in [0, 0.05) is 26.8 Å². The van der Waals surface area contributed by atoms with Crippen molar-refractivity contribution in [2.45, 2.75) is 32.3 Å². The van der Waals surface area contributed by atoms with Crippen LogP contribution in [0, 0.1) is 6.92 Å². The number of nitrogens with one attached hydrogen (secondary N) is 2. The third kappa shape index (κ3) is 7.75. The summed E-state index contributed by atoms with van der Waals surface area (Å²) in [6, 6.07) is 8.02. The van der Waals surface area contributed by atoms with Crippen LogP contribution in [-0.4, -0.2) is 58.6 Å². The van der Waals surface area contributed by atoms with Gasteiger partial charge in [-0.1, -0.05) is 18.2 Å². The summed E-state index contributed by atoms with van der Waals surface area (Å²) in [5.41, 5.74) is 1.15. The van der Waals surface area contributed by atoms with Crippen molar-refractivity contribution in [1.82, 2.24) is 10.6 Å². The van der Waals surface area contributed by atoms with Gasteiger partial charge in [-0.3, -0.25) is 4.99 Å². The van der Waals surface area contributed by atoms with Gasteiger partial charge in [-0.05, 0) is 37.8 Å². The largest absolute Gasteiger partial charge is 0.491 e. The van der Waals surface area contributed by atoms with Crippen LogP contribution in [0.1, 0.15) is 24.8 Å².